The third kappa shape index (κ3) is 2.46. The van der Waals surface area contributed by atoms with Crippen LogP contribution in [0.3, 0.4) is 0 Å². The van der Waals surface area contributed by atoms with Crippen LogP contribution in [-0.4, -0.2) is 26.0 Å². The van der Waals surface area contributed by atoms with Gasteiger partial charge >= 0.3 is 0 Å². The SMILES string of the molecule is COc1cccc(/C=C2/N=C(c3ccco3)NC2=O)c1OC. The second-order valence-corrected chi connectivity index (χ2v) is 4.50. The van der Waals surface area contributed by atoms with Crippen molar-refractivity contribution in [2.24, 2.45) is 4.99 Å². The number of nitrogens with one attached hydrogen (secondary N) is 1. The summed E-state index contributed by atoms with van der Waals surface area (Å²) >= 11 is 0. The number of amidine groups is 1. The normalized spacial score (nSPS) is 15.6. The molecule has 1 amide bonds. The largest absolute Gasteiger partial charge is 0.493 e. The van der Waals surface area contributed by atoms with E-state index in [1.807, 2.05) is 12.1 Å². The molecule has 0 atom stereocenters. The number of nitrogens with zero attached hydrogens (tertiary/aromatic N) is 1. The summed E-state index contributed by atoms with van der Waals surface area (Å²) in [5, 5.41) is 2.67. The molecule has 2 aromatic rings. The summed E-state index contributed by atoms with van der Waals surface area (Å²) in [5.41, 5.74) is 0.981. The molecule has 22 heavy (non-hydrogen) atoms. The van der Waals surface area contributed by atoms with E-state index in [0.29, 0.717) is 28.7 Å². The minimum absolute atomic E-state index is 0.276. The highest BCUT2D eigenvalue weighted by atomic mass is 16.5. The molecule has 0 spiro atoms. The molecule has 0 radical (unpaired) electrons. The summed E-state index contributed by atoms with van der Waals surface area (Å²) in [5.74, 6) is 1.74. The topological polar surface area (TPSA) is 73.1 Å². The lowest BCUT2D eigenvalue weighted by atomic mass is 10.1. The van der Waals surface area contributed by atoms with Crippen LogP contribution in [0.1, 0.15) is 11.3 Å². The number of hydrogen-bond acceptors (Lipinski definition) is 5. The number of furan rings is 1. The van der Waals surface area contributed by atoms with Crippen LogP contribution in [0, 0.1) is 0 Å². The first-order chi connectivity index (χ1) is 10.7. The number of hydrogen-bond donors (Lipinski definition) is 1. The van der Waals surface area contributed by atoms with Crippen molar-refractivity contribution in [2.75, 3.05) is 14.2 Å². The van der Waals surface area contributed by atoms with Gasteiger partial charge in [0, 0.05) is 5.56 Å². The lowest BCUT2D eigenvalue weighted by molar-refractivity contribution is -0.115. The third-order valence-electron chi connectivity index (χ3n) is 3.18. The number of methoxy groups -OCH3 is 2. The van der Waals surface area contributed by atoms with Crippen LogP contribution in [0.4, 0.5) is 0 Å². The standard InChI is InChI=1S/C16H14N2O4/c1-20-12-6-3-5-10(14(12)21-2)9-11-16(19)18-15(17-11)13-7-4-8-22-13/h3-9H,1-2H3,(H,17,18,19)/b11-9+. The van der Waals surface area contributed by atoms with Gasteiger partial charge in [-0.05, 0) is 24.3 Å². The van der Waals surface area contributed by atoms with Crippen molar-refractivity contribution >= 4 is 17.8 Å². The van der Waals surface area contributed by atoms with Crippen molar-refractivity contribution in [2.45, 2.75) is 0 Å². The Bertz CT molecular complexity index is 760. The molecule has 0 fully saturated rings. The first-order valence-corrected chi connectivity index (χ1v) is 6.59. The van der Waals surface area contributed by atoms with Gasteiger partial charge in [0.2, 0.25) is 0 Å². The lowest BCUT2D eigenvalue weighted by Gasteiger charge is -2.09. The summed E-state index contributed by atoms with van der Waals surface area (Å²) in [4.78, 5) is 16.3. The molecule has 1 aromatic carbocycles. The summed E-state index contributed by atoms with van der Waals surface area (Å²) in [6, 6.07) is 8.89. The van der Waals surface area contributed by atoms with E-state index in [1.165, 1.54) is 6.26 Å². The average Bonchev–Trinajstić information content (AvgIpc) is 3.17. The van der Waals surface area contributed by atoms with Crippen LogP contribution in [0.15, 0.2) is 51.7 Å². The fourth-order valence-electron chi connectivity index (χ4n) is 2.17. The van der Waals surface area contributed by atoms with Crippen LogP contribution in [0.25, 0.3) is 6.08 Å². The number of ether oxygens (including phenoxy) is 2. The molecule has 0 saturated heterocycles. The van der Waals surface area contributed by atoms with Gasteiger partial charge in [-0.25, -0.2) is 4.99 Å². The van der Waals surface area contributed by atoms with Crippen molar-refractivity contribution < 1.29 is 18.7 Å². The van der Waals surface area contributed by atoms with Crippen molar-refractivity contribution in [1.29, 1.82) is 0 Å². The van der Waals surface area contributed by atoms with E-state index >= 15 is 0 Å². The van der Waals surface area contributed by atoms with Crippen LogP contribution >= 0.6 is 0 Å². The van der Waals surface area contributed by atoms with Crippen LogP contribution in [0.2, 0.25) is 0 Å². The zero-order chi connectivity index (χ0) is 15.5. The van der Waals surface area contributed by atoms with Gasteiger partial charge in [0.05, 0.1) is 20.5 Å². The highest BCUT2D eigenvalue weighted by molar-refractivity contribution is 6.19. The second kappa shape index (κ2) is 5.77. The van der Waals surface area contributed by atoms with Crippen molar-refractivity contribution in [3.8, 4) is 11.5 Å². The van der Waals surface area contributed by atoms with Gasteiger partial charge in [-0.15, -0.1) is 0 Å². The number of carbonyl (C=O) groups is 1. The molecular weight excluding hydrogens is 284 g/mol. The van der Waals surface area contributed by atoms with E-state index in [4.69, 9.17) is 13.9 Å². The predicted octanol–water partition coefficient (Wildman–Crippen LogP) is 2.21. The van der Waals surface area contributed by atoms with Gasteiger partial charge in [0.1, 0.15) is 5.70 Å². The number of amides is 1. The molecule has 2 heterocycles. The van der Waals surface area contributed by atoms with Crippen molar-refractivity contribution in [3.63, 3.8) is 0 Å². The summed E-state index contributed by atoms with van der Waals surface area (Å²) in [7, 11) is 3.11. The van der Waals surface area contributed by atoms with Gasteiger partial charge in [-0.2, -0.15) is 0 Å². The number of carbonyl (C=O) groups excluding carboxylic acids is 1. The molecule has 6 heteroatoms. The van der Waals surface area contributed by atoms with E-state index in [0.717, 1.165) is 0 Å². The Morgan fingerprint density at radius 1 is 1.18 bits per heavy atom. The number of aliphatic imine (C=N–C) groups is 1. The molecule has 0 bridgehead atoms. The van der Waals surface area contributed by atoms with Crippen LogP contribution in [-0.2, 0) is 4.79 Å². The molecule has 0 unspecified atom stereocenters. The molecule has 0 saturated carbocycles. The Kier molecular flexibility index (Phi) is 3.65. The van der Waals surface area contributed by atoms with Crippen LogP contribution < -0.4 is 14.8 Å². The highest BCUT2D eigenvalue weighted by Crippen LogP contribution is 2.32. The van der Waals surface area contributed by atoms with E-state index in [1.54, 1.807) is 38.5 Å². The maximum absolute atomic E-state index is 12.0. The minimum atomic E-state index is -0.295. The third-order valence-corrected chi connectivity index (χ3v) is 3.18. The Hall–Kier alpha value is -3.02. The first-order valence-electron chi connectivity index (χ1n) is 6.59. The lowest BCUT2D eigenvalue weighted by Crippen LogP contribution is -2.24. The van der Waals surface area contributed by atoms with Gasteiger partial charge in [-0.3, -0.25) is 4.79 Å². The Morgan fingerprint density at radius 2 is 2.05 bits per heavy atom. The first kappa shape index (κ1) is 13.9. The molecular formula is C16H14N2O4. The monoisotopic (exact) mass is 298 g/mol. The zero-order valence-electron chi connectivity index (χ0n) is 12.1. The molecule has 1 N–H and O–H groups in total. The molecule has 1 aliphatic rings. The molecule has 0 aliphatic carbocycles. The van der Waals surface area contributed by atoms with Crippen molar-refractivity contribution in [1.82, 2.24) is 5.32 Å². The average molecular weight is 298 g/mol. The molecule has 1 aromatic heterocycles. The fraction of sp³-hybridized carbons (Fsp3) is 0.125. The molecule has 3 rings (SSSR count). The van der Waals surface area contributed by atoms with Gasteiger partial charge in [0.25, 0.3) is 5.91 Å². The molecule has 1 aliphatic heterocycles. The van der Waals surface area contributed by atoms with Crippen LogP contribution in [0.5, 0.6) is 11.5 Å². The van der Waals surface area contributed by atoms with E-state index in [9.17, 15) is 4.79 Å². The van der Waals surface area contributed by atoms with Gasteiger partial charge in [0.15, 0.2) is 23.1 Å². The van der Waals surface area contributed by atoms with E-state index in [2.05, 4.69) is 10.3 Å². The number of benzene rings is 1. The Balaban J connectivity index is 2.00. The fourth-order valence-corrected chi connectivity index (χ4v) is 2.17. The molecule has 6 nitrogen and oxygen atoms in total. The highest BCUT2D eigenvalue weighted by Gasteiger charge is 2.23. The second-order valence-electron chi connectivity index (χ2n) is 4.50. The number of rotatable bonds is 4. The Morgan fingerprint density at radius 3 is 2.73 bits per heavy atom. The summed E-state index contributed by atoms with van der Waals surface area (Å²) in [6.07, 6.45) is 3.17. The van der Waals surface area contributed by atoms with E-state index < -0.39 is 0 Å². The van der Waals surface area contributed by atoms with Gasteiger partial charge in [-0.1, -0.05) is 12.1 Å². The Labute approximate surface area is 127 Å². The zero-order valence-corrected chi connectivity index (χ0v) is 12.1. The van der Waals surface area contributed by atoms with E-state index in [-0.39, 0.29) is 11.6 Å². The smallest absolute Gasteiger partial charge is 0.275 e. The summed E-state index contributed by atoms with van der Waals surface area (Å²) < 4.78 is 15.8. The summed E-state index contributed by atoms with van der Waals surface area (Å²) in [6.45, 7) is 0. The maximum Gasteiger partial charge on any atom is 0.275 e. The van der Waals surface area contributed by atoms with Crippen molar-refractivity contribution in [3.05, 3.63) is 53.6 Å². The maximum atomic E-state index is 12.0. The van der Waals surface area contributed by atoms with Gasteiger partial charge < -0.3 is 19.2 Å². The minimum Gasteiger partial charge on any atom is -0.493 e. The predicted molar refractivity (Wildman–Crippen MR) is 80.9 cm³/mol. The quantitative estimate of drug-likeness (QED) is 0.878. The number of para-hydroxylation sites is 1. The molecule has 112 valence electrons.